The molecule has 9 heteroatoms. The Kier molecular flexibility index (Phi) is 3.69. The summed E-state index contributed by atoms with van der Waals surface area (Å²) in [6, 6.07) is 0. The van der Waals surface area contributed by atoms with E-state index < -0.39 is 21.9 Å². The van der Waals surface area contributed by atoms with Crippen LogP contribution in [0.3, 0.4) is 0 Å². The molecule has 0 radical (unpaired) electrons. The third kappa shape index (κ3) is 3.06. The van der Waals surface area contributed by atoms with Gasteiger partial charge in [-0.3, -0.25) is 0 Å². The fourth-order valence-corrected chi connectivity index (χ4v) is 2.67. The van der Waals surface area contributed by atoms with Crippen molar-refractivity contribution in [3.63, 3.8) is 0 Å². The molecule has 1 aromatic heterocycles. The van der Waals surface area contributed by atoms with Gasteiger partial charge in [-0.2, -0.15) is 13.7 Å². The lowest BCUT2D eigenvalue weighted by Gasteiger charge is -2.14. The van der Waals surface area contributed by atoms with Crippen molar-refractivity contribution in [1.29, 1.82) is 0 Å². The molecule has 0 N–H and O–H groups in total. The Hall–Kier alpha value is -0.990. The van der Waals surface area contributed by atoms with E-state index in [-0.39, 0.29) is 17.7 Å². The largest absolute Gasteiger partial charge is 0.471 e. The first-order valence-corrected chi connectivity index (χ1v) is 7.38. The van der Waals surface area contributed by atoms with Crippen molar-refractivity contribution in [3.8, 4) is 5.88 Å². The predicted molar refractivity (Wildman–Crippen MR) is 62.4 cm³/mol. The van der Waals surface area contributed by atoms with Crippen LogP contribution in [0.15, 0.2) is 6.20 Å². The maximum Gasteiger partial charge on any atom is 0.255 e. The monoisotopic (exact) mass is 295 g/mol. The molecule has 1 aliphatic heterocycles. The highest BCUT2D eigenvalue weighted by atomic mass is 35.5. The molecule has 18 heavy (non-hydrogen) atoms. The third-order valence-corrected chi connectivity index (χ3v) is 3.99. The molecule has 6 nitrogen and oxygen atoms in total. The molecule has 1 aromatic rings. The standard InChI is InChI=1S/C9H11ClFN3O3S/c1-18(15,16)14-3-2-6(5-14)17-8-7(11)4-12-9(10)13-8/h4,6H,2-3,5H2,1H3/t6-/m0/s1. The van der Waals surface area contributed by atoms with E-state index in [9.17, 15) is 12.8 Å². The van der Waals surface area contributed by atoms with Gasteiger partial charge in [0.05, 0.1) is 19.0 Å². The fraction of sp³-hybridized carbons (Fsp3) is 0.556. The van der Waals surface area contributed by atoms with Gasteiger partial charge in [0.1, 0.15) is 6.10 Å². The number of halogens is 2. The second-order valence-corrected chi connectivity index (χ2v) is 6.26. The van der Waals surface area contributed by atoms with Gasteiger partial charge in [0, 0.05) is 6.54 Å². The molecule has 1 fully saturated rings. The SMILES string of the molecule is CS(=O)(=O)N1CC[C@H](Oc2nc(Cl)ncc2F)C1. The summed E-state index contributed by atoms with van der Waals surface area (Å²) in [6.07, 6.45) is 2.08. The van der Waals surface area contributed by atoms with Gasteiger partial charge in [-0.15, -0.1) is 0 Å². The number of hydrogen-bond donors (Lipinski definition) is 0. The van der Waals surface area contributed by atoms with E-state index in [1.807, 2.05) is 0 Å². The molecule has 0 spiro atoms. The van der Waals surface area contributed by atoms with Crippen LogP contribution in [0.1, 0.15) is 6.42 Å². The zero-order chi connectivity index (χ0) is 13.3. The molecule has 100 valence electrons. The van der Waals surface area contributed by atoms with E-state index in [0.717, 1.165) is 12.5 Å². The van der Waals surface area contributed by atoms with Crippen LogP contribution in [0.5, 0.6) is 5.88 Å². The average Bonchev–Trinajstić information content (AvgIpc) is 2.71. The van der Waals surface area contributed by atoms with Crippen molar-refractivity contribution in [1.82, 2.24) is 14.3 Å². The number of sulfonamides is 1. The van der Waals surface area contributed by atoms with Gasteiger partial charge in [0.15, 0.2) is 0 Å². The summed E-state index contributed by atoms with van der Waals surface area (Å²) in [6.45, 7) is 0.532. The van der Waals surface area contributed by atoms with E-state index in [1.165, 1.54) is 4.31 Å². The van der Waals surface area contributed by atoms with Crippen LogP contribution < -0.4 is 4.74 Å². The molecule has 0 saturated carbocycles. The molecule has 0 bridgehead atoms. The van der Waals surface area contributed by atoms with Crippen LogP contribution in [0, 0.1) is 5.82 Å². The van der Waals surface area contributed by atoms with Crippen LogP contribution in [0.4, 0.5) is 4.39 Å². The van der Waals surface area contributed by atoms with Gasteiger partial charge in [-0.1, -0.05) is 0 Å². The summed E-state index contributed by atoms with van der Waals surface area (Å²) in [5, 5.41) is -0.121. The summed E-state index contributed by atoms with van der Waals surface area (Å²) in [5.74, 6) is -0.979. The number of nitrogens with zero attached hydrogens (tertiary/aromatic N) is 3. The molecule has 1 saturated heterocycles. The van der Waals surface area contributed by atoms with Crippen LogP contribution in [-0.2, 0) is 10.0 Å². The topological polar surface area (TPSA) is 72.4 Å². The van der Waals surface area contributed by atoms with Crippen LogP contribution in [0.2, 0.25) is 5.28 Å². The van der Waals surface area contributed by atoms with E-state index in [0.29, 0.717) is 13.0 Å². The quantitative estimate of drug-likeness (QED) is 0.767. The lowest BCUT2D eigenvalue weighted by Crippen LogP contribution is -2.30. The third-order valence-electron chi connectivity index (χ3n) is 2.54. The van der Waals surface area contributed by atoms with E-state index in [4.69, 9.17) is 16.3 Å². The molecule has 0 aliphatic carbocycles. The van der Waals surface area contributed by atoms with Crippen molar-refractivity contribution >= 4 is 21.6 Å². The average molecular weight is 296 g/mol. The Morgan fingerprint density at radius 1 is 1.61 bits per heavy atom. The fourth-order valence-electron chi connectivity index (χ4n) is 1.67. The molecule has 0 amide bonds. The molecule has 2 heterocycles. The minimum absolute atomic E-state index is 0.121. The summed E-state index contributed by atoms with van der Waals surface area (Å²) in [4.78, 5) is 7.07. The zero-order valence-electron chi connectivity index (χ0n) is 9.51. The van der Waals surface area contributed by atoms with Crippen molar-refractivity contribution in [2.45, 2.75) is 12.5 Å². The predicted octanol–water partition coefficient (Wildman–Crippen LogP) is 0.682. The maximum absolute atomic E-state index is 13.3. The van der Waals surface area contributed by atoms with Gasteiger partial charge in [0.2, 0.25) is 21.1 Å². The van der Waals surface area contributed by atoms with Crippen molar-refractivity contribution in [3.05, 3.63) is 17.3 Å². The van der Waals surface area contributed by atoms with Gasteiger partial charge in [-0.05, 0) is 18.0 Å². The van der Waals surface area contributed by atoms with Gasteiger partial charge >= 0.3 is 0 Å². The molecule has 1 aliphatic rings. The molecule has 0 aromatic carbocycles. The van der Waals surface area contributed by atoms with E-state index >= 15 is 0 Å². The highest BCUT2D eigenvalue weighted by Crippen LogP contribution is 2.21. The minimum Gasteiger partial charge on any atom is -0.471 e. The Balaban J connectivity index is 2.06. The van der Waals surface area contributed by atoms with Gasteiger partial charge in [0.25, 0.3) is 5.88 Å². The van der Waals surface area contributed by atoms with E-state index in [2.05, 4.69) is 9.97 Å². The van der Waals surface area contributed by atoms with Crippen molar-refractivity contribution < 1.29 is 17.5 Å². The minimum atomic E-state index is -3.25. The second-order valence-electron chi connectivity index (χ2n) is 3.94. The van der Waals surface area contributed by atoms with Crippen molar-refractivity contribution in [2.24, 2.45) is 0 Å². The van der Waals surface area contributed by atoms with Gasteiger partial charge < -0.3 is 4.74 Å². The molecular weight excluding hydrogens is 285 g/mol. The lowest BCUT2D eigenvalue weighted by molar-refractivity contribution is 0.196. The molecular formula is C9H11ClFN3O3S. The zero-order valence-corrected chi connectivity index (χ0v) is 11.1. The van der Waals surface area contributed by atoms with Crippen LogP contribution in [0.25, 0.3) is 0 Å². The molecule has 0 unspecified atom stereocenters. The van der Waals surface area contributed by atoms with Gasteiger partial charge in [-0.25, -0.2) is 13.4 Å². The first kappa shape index (κ1) is 13.4. The lowest BCUT2D eigenvalue weighted by atomic mass is 10.3. The summed E-state index contributed by atoms with van der Waals surface area (Å²) >= 11 is 5.53. The highest BCUT2D eigenvalue weighted by Gasteiger charge is 2.30. The normalized spacial score (nSPS) is 21.2. The van der Waals surface area contributed by atoms with Crippen LogP contribution >= 0.6 is 11.6 Å². The summed E-state index contributed by atoms with van der Waals surface area (Å²) in [5.41, 5.74) is 0. The Bertz CT molecular complexity index is 554. The molecule has 2 rings (SSSR count). The first-order valence-electron chi connectivity index (χ1n) is 5.16. The summed E-state index contributed by atoms with van der Waals surface area (Å²) < 4.78 is 42.5. The number of hydrogen-bond acceptors (Lipinski definition) is 5. The maximum atomic E-state index is 13.3. The number of rotatable bonds is 3. The Labute approximate surface area is 109 Å². The Morgan fingerprint density at radius 3 is 2.94 bits per heavy atom. The second kappa shape index (κ2) is 4.94. The number of ether oxygens (including phenoxy) is 1. The highest BCUT2D eigenvalue weighted by molar-refractivity contribution is 7.88. The van der Waals surface area contributed by atoms with Crippen molar-refractivity contribution in [2.75, 3.05) is 19.3 Å². The Morgan fingerprint density at radius 2 is 2.33 bits per heavy atom. The smallest absolute Gasteiger partial charge is 0.255 e. The summed E-state index contributed by atoms with van der Waals surface area (Å²) in [7, 11) is -3.25. The first-order chi connectivity index (χ1) is 8.36. The van der Waals surface area contributed by atoms with E-state index in [1.54, 1.807) is 0 Å². The molecule has 1 atom stereocenters. The number of aromatic nitrogens is 2. The van der Waals surface area contributed by atoms with Crippen LogP contribution in [-0.4, -0.2) is 48.1 Å².